The molecule has 1 aliphatic heterocycles. The van der Waals surface area contributed by atoms with E-state index >= 15 is 0 Å². The zero-order valence-electron chi connectivity index (χ0n) is 15.9. The summed E-state index contributed by atoms with van der Waals surface area (Å²) in [6.07, 6.45) is 5.15. The fraction of sp³-hybridized carbons (Fsp3) is 0.579. The Labute approximate surface area is 155 Å². The summed E-state index contributed by atoms with van der Waals surface area (Å²) in [5, 5.41) is 0.589. The Hall–Kier alpha value is -1.31. The Morgan fingerprint density at radius 3 is 2.27 bits per heavy atom. The van der Waals surface area contributed by atoms with Crippen molar-refractivity contribution in [2.24, 2.45) is 0 Å². The first kappa shape index (κ1) is 18.1. The maximum absolute atomic E-state index is 13.0. The van der Waals surface area contributed by atoms with E-state index in [2.05, 4.69) is 0 Å². The zero-order chi connectivity index (χ0) is 18.7. The smallest absolute Gasteiger partial charge is 0.399 e. The number of aromatic nitrogens is 1. The lowest BCUT2D eigenvalue weighted by Gasteiger charge is -2.32. The molecule has 1 saturated heterocycles. The third kappa shape index (κ3) is 2.63. The summed E-state index contributed by atoms with van der Waals surface area (Å²) in [6.45, 7) is 8.07. The largest absolute Gasteiger partial charge is 0.495 e. The van der Waals surface area contributed by atoms with Crippen LogP contribution < -0.4 is 5.46 Å². The summed E-state index contributed by atoms with van der Waals surface area (Å²) in [5.74, 6) is 0. The van der Waals surface area contributed by atoms with Gasteiger partial charge in [0.15, 0.2) is 0 Å². The van der Waals surface area contributed by atoms with E-state index < -0.39 is 28.3 Å². The predicted molar refractivity (Wildman–Crippen MR) is 104 cm³/mol. The zero-order valence-corrected chi connectivity index (χ0v) is 16.7. The maximum Gasteiger partial charge on any atom is 0.495 e. The van der Waals surface area contributed by atoms with Gasteiger partial charge in [-0.1, -0.05) is 25.0 Å². The molecule has 26 heavy (non-hydrogen) atoms. The van der Waals surface area contributed by atoms with Crippen LogP contribution in [0.4, 0.5) is 0 Å². The first-order valence-corrected chi connectivity index (χ1v) is 10.8. The predicted octanol–water partition coefficient (Wildman–Crippen LogP) is 3.06. The monoisotopic (exact) mass is 375 g/mol. The van der Waals surface area contributed by atoms with E-state index in [1.54, 1.807) is 6.20 Å². The Morgan fingerprint density at radius 1 is 1.04 bits per heavy atom. The molecule has 0 atom stereocenters. The summed E-state index contributed by atoms with van der Waals surface area (Å²) < 4.78 is 39.9. The fourth-order valence-corrected chi connectivity index (χ4v) is 5.83. The molecule has 0 bridgehead atoms. The SMILES string of the molecule is CC1(C)OB(c2cccc3c2ccn3S(=O)(=O)C2CCCC2)OC1(C)C. The highest BCUT2D eigenvalue weighted by molar-refractivity contribution is 7.90. The van der Waals surface area contributed by atoms with Crippen molar-refractivity contribution in [3.63, 3.8) is 0 Å². The van der Waals surface area contributed by atoms with E-state index in [-0.39, 0.29) is 5.25 Å². The molecule has 5 nitrogen and oxygen atoms in total. The Bertz CT molecular complexity index is 926. The highest BCUT2D eigenvalue weighted by atomic mass is 32.2. The number of fused-ring (bicyclic) bond motifs is 1. The van der Waals surface area contributed by atoms with Crippen molar-refractivity contribution in [1.82, 2.24) is 3.97 Å². The molecule has 140 valence electrons. The third-order valence-electron chi connectivity index (χ3n) is 6.24. The summed E-state index contributed by atoms with van der Waals surface area (Å²) in [5.41, 5.74) is 0.710. The number of rotatable bonds is 3. The standard InChI is InChI=1S/C19H26BNO4S/c1-18(2)19(3,4)25-20(24-18)16-10-7-11-17-15(16)12-13-21(17)26(22,23)14-8-5-6-9-14/h7,10-14H,5-6,8-9H2,1-4H3. The Kier molecular flexibility index (Phi) is 4.06. The van der Waals surface area contributed by atoms with Gasteiger partial charge in [0.1, 0.15) is 0 Å². The van der Waals surface area contributed by atoms with Crippen molar-refractivity contribution < 1.29 is 17.7 Å². The first-order valence-electron chi connectivity index (χ1n) is 9.33. The second-order valence-electron chi connectivity index (χ2n) is 8.43. The lowest BCUT2D eigenvalue weighted by Crippen LogP contribution is -2.41. The minimum Gasteiger partial charge on any atom is -0.399 e. The third-order valence-corrected chi connectivity index (χ3v) is 8.42. The van der Waals surface area contributed by atoms with Gasteiger partial charge in [0, 0.05) is 11.6 Å². The molecule has 0 unspecified atom stereocenters. The van der Waals surface area contributed by atoms with Gasteiger partial charge in [-0.2, -0.15) is 0 Å². The second-order valence-corrected chi connectivity index (χ2v) is 10.5. The number of hydrogen-bond donors (Lipinski definition) is 0. The van der Waals surface area contributed by atoms with Gasteiger partial charge in [-0.15, -0.1) is 0 Å². The molecule has 2 aliphatic rings. The van der Waals surface area contributed by atoms with E-state index in [0.29, 0.717) is 5.52 Å². The van der Waals surface area contributed by atoms with Crippen LogP contribution in [-0.2, 0) is 19.3 Å². The average molecular weight is 375 g/mol. The molecule has 2 heterocycles. The summed E-state index contributed by atoms with van der Waals surface area (Å²) in [7, 11) is -3.88. The van der Waals surface area contributed by atoms with Crippen molar-refractivity contribution >= 4 is 33.5 Å². The molecule has 4 rings (SSSR count). The average Bonchev–Trinajstić information content (AvgIpc) is 3.26. The number of nitrogens with zero attached hydrogens (tertiary/aromatic N) is 1. The second kappa shape index (κ2) is 5.84. The lowest BCUT2D eigenvalue weighted by molar-refractivity contribution is 0.00578. The van der Waals surface area contributed by atoms with Crippen molar-refractivity contribution in [3.05, 3.63) is 30.5 Å². The molecule has 1 aromatic carbocycles. The van der Waals surface area contributed by atoms with Crippen molar-refractivity contribution in [1.29, 1.82) is 0 Å². The van der Waals surface area contributed by atoms with E-state index in [1.807, 2.05) is 52.0 Å². The van der Waals surface area contributed by atoms with Crippen molar-refractivity contribution in [2.75, 3.05) is 0 Å². The highest BCUT2D eigenvalue weighted by Gasteiger charge is 2.52. The molecule has 2 fully saturated rings. The molecule has 1 saturated carbocycles. The molecular formula is C19H26BNO4S. The molecule has 0 amide bonds. The Morgan fingerprint density at radius 2 is 1.65 bits per heavy atom. The van der Waals surface area contributed by atoms with Gasteiger partial charge in [-0.05, 0) is 58.1 Å². The molecular weight excluding hydrogens is 349 g/mol. The highest BCUT2D eigenvalue weighted by Crippen LogP contribution is 2.37. The van der Waals surface area contributed by atoms with Gasteiger partial charge in [0.05, 0.1) is 22.0 Å². The quantitative estimate of drug-likeness (QED) is 0.774. The molecule has 1 aliphatic carbocycles. The molecule has 7 heteroatoms. The van der Waals surface area contributed by atoms with Crippen LogP contribution in [0.3, 0.4) is 0 Å². The molecule has 1 aromatic heterocycles. The van der Waals surface area contributed by atoms with E-state index in [4.69, 9.17) is 9.31 Å². The number of benzene rings is 1. The lowest BCUT2D eigenvalue weighted by atomic mass is 9.77. The van der Waals surface area contributed by atoms with Gasteiger partial charge in [0.25, 0.3) is 0 Å². The van der Waals surface area contributed by atoms with Gasteiger partial charge >= 0.3 is 7.12 Å². The van der Waals surface area contributed by atoms with Crippen LogP contribution in [0.5, 0.6) is 0 Å². The maximum atomic E-state index is 13.0. The van der Waals surface area contributed by atoms with Crippen LogP contribution in [0.2, 0.25) is 0 Å². The minimum atomic E-state index is -3.37. The van der Waals surface area contributed by atoms with Crippen LogP contribution >= 0.6 is 0 Å². The normalized spacial score (nSPS) is 23.2. The number of hydrogen-bond acceptors (Lipinski definition) is 4. The molecule has 2 aromatic rings. The van der Waals surface area contributed by atoms with Gasteiger partial charge in [0.2, 0.25) is 10.0 Å². The van der Waals surface area contributed by atoms with Crippen LogP contribution in [0, 0.1) is 0 Å². The van der Waals surface area contributed by atoms with Crippen LogP contribution in [0.15, 0.2) is 30.5 Å². The van der Waals surface area contributed by atoms with E-state index in [9.17, 15) is 8.42 Å². The van der Waals surface area contributed by atoms with Crippen molar-refractivity contribution in [3.8, 4) is 0 Å². The summed E-state index contributed by atoms with van der Waals surface area (Å²) >= 11 is 0. The fourth-order valence-electron chi connectivity index (χ4n) is 3.91. The Balaban J connectivity index is 1.77. The minimum absolute atomic E-state index is 0.279. The first-order chi connectivity index (χ1) is 12.1. The van der Waals surface area contributed by atoms with Crippen LogP contribution in [-0.4, -0.2) is 36.0 Å². The van der Waals surface area contributed by atoms with Gasteiger partial charge in [-0.25, -0.2) is 12.4 Å². The summed E-state index contributed by atoms with van der Waals surface area (Å²) in [6, 6.07) is 7.55. The van der Waals surface area contributed by atoms with E-state index in [1.165, 1.54) is 3.97 Å². The van der Waals surface area contributed by atoms with Crippen LogP contribution in [0.1, 0.15) is 53.4 Å². The molecule has 0 spiro atoms. The molecule has 0 radical (unpaired) electrons. The van der Waals surface area contributed by atoms with E-state index in [0.717, 1.165) is 36.5 Å². The topological polar surface area (TPSA) is 57.5 Å². The summed E-state index contributed by atoms with van der Waals surface area (Å²) in [4.78, 5) is 0. The van der Waals surface area contributed by atoms with Gasteiger partial charge < -0.3 is 9.31 Å². The molecule has 0 N–H and O–H groups in total. The van der Waals surface area contributed by atoms with Gasteiger partial charge in [-0.3, -0.25) is 0 Å². The van der Waals surface area contributed by atoms with Crippen LogP contribution in [0.25, 0.3) is 10.9 Å². The van der Waals surface area contributed by atoms with Crippen molar-refractivity contribution in [2.45, 2.75) is 69.8 Å².